The number of aryl methyl sites for hydroxylation is 1. The van der Waals surface area contributed by atoms with E-state index in [-0.39, 0.29) is 17.6 Å². The van der Waals surface area contributed by atoms with E-state index >= 15 is 0 Å². The minimum absolute atomic E-state index is 0.180. The van der Waals surface area contributed by atoms with Crippen LogP contribution >= 0.6 is 0 Å². The van der Waals surface area contributed by atoms with Crippen LogP contribution in [0.15, 0.2) is 48.8 Å². The summed E-state index contributed by atoms with van der Waals surface area (Å²) in [5, 5.41) is 4.31. The van der Waals surface area contributed by atoms with Gasteiger partial charge in [-0.25, -0.2) is 0 Å². The second kappa shape index (κ2) is 7.48. The molecule has 0 saturated carbocycles. The highest BCUT2D eigenvalue weighted by Gasteiger charge is 2.34. The third-order valence-corrected chi connectivity index (χ3v) is 5.16. The largest absolute Gasteiger partial charge is 0.487 e. The highest BCUT2D eigenvalue weighted by atomic mass is 16.5. The standard InChI is InChI=1S/C23H26N4O3/c1-15(18-8-6-7-10-24-18)29-19-12-16(13-20-17(19)14-23(2,3)30-20)22(28)27(5)21-9-11-26(4)25-21/h6-13,15H,14H2,1-5H3. The number of pyridine rings is 1. The van der Waals surface area contributed by atoms with Crippen molar-refractivity contribution in [2.24, 2.45) is 7.05 Å². The lowest BCUT2D eigenvalue weighted by atomic mass is 9.99. The molecule has 1 aliphatic heterocycles. The van der Waals surface area contributed by atoms with Gasteiger partial charge in [0.15, 0.2) is 5.82 Å². The van der Waals surface area contributed by atoms with E-state index in [2.05, 4.69) is 10.1 Å². The lowest BCUT2D eigenvalue weighted by molar-refractivity contribution is 0.0989. The average Bonchev–Trinajstić information content (AvgIpc) is 3.29. The normalized spacial score (nSPS) is 15.2. The molecule has 156 valence electrons. The van der Waals surface area contributed by atoms with Crippen LogP contribution in [-0.2, 0) is 13.5 Å². The molecule has 1 aromatic carbocycles. The van der Waals surface area contributed by atoms with E-state index in [0.29, 0.717) is 29.3 Å². The van der Waals surface area contributed by atoms with Crippen LogP contribution in [0.4, 0.5) is 5.82 Å². The molecule has 4 rings (SSSR count). The van der Waals surface area contributed by atoms with E-state index in [0.717, 1.165) is 11.3 Å². The van der Waals surface area contributed by atoms with Crippen LogP contribution in [0.3, 0.4) is 0 Å². The van der Waals surface area contributed by atoms with Gasteiger partial charge in [0.05, 0.1) is 5.69 Å². The number of aromatic nitrogens is 3. The first-order chi connectivity index (χ1) is 14.2. The maximum atomic E-state index is 13.2. The van der Waals surface area contributed by atoms with Gasteiger partial charge in [0.1, 0.15) is 23.2 Å². The second-order valence-electron chi connectivity index (χ2n) is 8.22. The number of amides is 1. The number of ether oxygens (including phenoxy) is 2. The second-order valence-corrected chi connectivity index (χ2v) is 8.22. The maximum Gasteiger partial charge on any atom is 0.259 e. The van der Waals surface area contributed by atoms with Crippen LogP contribution < -0.4 is 14.4 Å². The minimum Gasteiger partial charge on any atom is -0.487 e. The highest BCUT2D eigenvalue weighted by Crippen LogP contribution is 2.43. The predicted octanol–water partition coefficient (Wildman–Crippen LogP) is 3.95. The average molecular weight is 406 g/mol. The highest BCUT2D eigenvalue weighted by molar-refractivity contribution is 6.05. The number of carbonyl (C=O) groups excluding carboxylic acids is 1. The molecular formula is C23H26N4O3. The summed E-state index contributed by atoms with van der Waals surface area (Å²) < 4.78 is 14.1. The van der Waals surface area contributed by atoms with E-state index in [1.807, 2.05) is 46.0 Å². The van der Waals surface area contributed by atoms with Crippen molar-refractivity contribution in [3.63, 3.8) is 0 Å². The van der Waals surface area contributed by atoms with Crippen LogP contribution in [-0.4, -0.2) is 33.3 Å². The quantitative estimate of drug-likeness (QED) is 0.642. The van der Waals surface area contributed by atoms with E-state index in [9.17, 15) is 4.79 Å². The molecule has 7 heteroatoms. The van der Waals surface area contributed by atoms with Crippen LogP contribution in [0, 0.1) is 0 Å². The molecule has 0 bridgehead atoms. The van der Waals surface area contributed by atoms with Crippen molar-refractivity contribution >= 4 is 11.7 Å². The van der Waals surface area contributed by atoms with Gasteiger partial charge in [-0.1, -0.05) is 6.07 Å². The van der Waals surface area contributed by atoms with Crippen LogP contribution in [0.1, 0.15) is 48.5 Å². The molecule has 1 aliphatic rings. The lowest BCUT2D eigenvalue weighted by Gasteiger charge is -2.19. The zero-order valence-corrected chi connectivity index (χ0v) is 17.9. The fourth-order valence-corrected chi connectivity index (χ4v) is 3.62. The first kappa shape index (κ1) is 19.9. The molecule has 2 aromatic heterocycles. The minimum atomic E-state index is -0.358. The van der Waals surface area contributed by atoms with Crippen molar-refractivity contribution in [2.45, 2.75) is 38.9 Å². The van der Waals surface area contributed by atoms with Crippen molar-refractivity contribution in [3.05, 3.63) is 65.6 Å². The molecule has 0 spiro atoms. The van der Waals surface area contributed by atoms with Gasteiger partial charge >= 0.3 is 0 Å². The molecule has 1 atom stereocenters. The molecule has 1 unspecified atom stereocenters. The first-order valence-corrected chi connectivity index (χ1v) is 9.95. The SMILES string of the molecule is CC(Oc1cc(C(=O)N(C)c2ccn(C)n2)cc2c1CC(C)(C)O2)c1ccccn1. The summed E-state index contributed by atoms with van der Waals surface area (Å²) in [6, 6.07) is 11.1. The summed E-state index contributed by atoms with van der Waals surface area (Å²) in [4.78, 5) is 19.1. The molecule has 30 heavy (non-hydrogen) atoms. The van der Waals surface area contributed by atoms with Gasteiger partial charge in [-0.15, -0.1) is 0 Å². The predicted molar refractivity (Wildman–Crippen MR) is 114 cm³/mol. The summed E-state index contributed by atoms with van der Waals surface area (Å²) in [7, 11) is 3.53. The number of benzene rings is 1. The number of carbonyl (C=O) groups is 1. The molecule has 1 amide bonds. The molecular weight excluding hydrogens is 380 g/mol. The third kappa shape index (κ3) is 3.87. The van der Waals surface area contributed by atoms with Crippen molar-refractivity contribution in [2.75, 3.05) is 11.9 Å². The van der Waals surface area contributed by atoms with Crippen LogP contribution in [0.5, 0.6) is 11.5 Å². The van der Waals surface area contributed by atoms with Gasteiger partial charge in [0, 0.05) is 50.1 Å². The Morgan fingerprint density at radius 3 is 2.77 bits per heavy atom. The zero-order chi connectivity index (χ0) is 21.5. The smallest absolute Gasteiger partial charge is 0.259 e. The molecule has 0 radical (unpaired) electrons. The van der Waals surface area contributed by atoms with Gasteiger partial charge in [-0.2, -0.15) is 5.10 Å². The van der Waals surface area contributed by atoms with Crippen molar-refractivity contribution in [3.8, 4) is 11.5 Å². The van der Waals surface area contributed by atoms with Crippen molar-refractivity contribution in [1.29, 1.82) is 0 Å². The Bertz CT molecular complexity index is 1080. The van der Waals surface area contributed by atoms with E-state index in [1.54, 1.807) is 42.3 Å². The monoisotopic (exact) mass is 406 g/mol. The van der Waals surface area contributed by atoms with Crippen molar-refractivity contribution in [1.82, 2.24) is 14.8 Å². The summed E-state index contributed by atoms with van der Waals surface area (Å²) >= 11 is 0. The summed E-state index contributed by atoms with van der Waals surface area (Å²) in [6.45, 7) is 6.01. The van der Waals surface area contributed by atoms with E-state index < -0.39 is 0 Å². The van der Waals surface area contributed by atoms with Gasteiger partial charge in [-0.3, -0.25) is 19.4 Å². The molecule has 3 aromatic rings. The molecule has 0 N–H and O–H groups in total. The van der Waals surface area contributed by atoms with Crippen molar-refractivity contribution < 1.29 is 14.3 Å². The fourth-order valence-electron chi connectivity index (χ4n) is 3.62. The number of nitrogens with zero attached hydrogens (tertiary/aromatic N) is 4. The summed E-state index contributed by atoms with van der Waals surface area (Å²) in [6.07, 6.45) is 3.99. The molecule has 3 heterocycles. The Morgan fingerprint density at radius 1 is 1.30 bits per heavy atom. The first-order valence-electron chi connectivity index (χ1n) is 9.95. The Labute approximate surface area is 176 Å². The lowest BCUT2D eigenvalue weighted by Crippen LogP contribution is -2.27. The summed E-state index contributed by atoms with van der Waals surface area (Å²) in [5.74, 6) is 1.73. The fraction of sp³-hybridized carbons (Fsp3) is 0.348. The van der Waals surface area contributed by atoms with Gasteiger partial charge < -0.3 is 9.47 Å². The Balaban J connectivity index is 1.69. The van der Waals surface area contributed by atoms with E-state index in [1.165, 1.54) is 4.90 Å². The third-order valence-electron chi connectivity index (χ3n) is 5.16. The molecule has 0 fully saturated rings. The van der Waals surface area contributed by atoms with E-state index in [4.69, 9.17) is 9.47 Å². The topological polar surface area (TPSA) is 69.5 Å². The van der Waals surface area contributed by atoms with Gasteiger partial charge in [0.2, 0.25) is 0 Å². The summed E-state index contributed by atoms with van der Waals surface area (Å²) in [5.41, 5.74) is 1.93. The van der Waals surface area contributed by atoms with Gasteiger partial charge in [0.25, 0.3) is 5.91 Å². The van der Waals surface area contributed by atoms with Crippen LogP contribution in [0.2, 0.25) is 0 Å². The number of anilines is 1. The molecule has 0 aliphatic carbocycles. The Hall–Kier alpha value is -3.35. The molecule has 7 nitrogen and oxygen atoms in total. The Kier molecular flexibility index (Phi) is 4.97. The Morgan fingerprint density at radius 2 is 2.10 bits per heavy atom. The maximum absolute atomic E-state index is 13.2. The van der Waals surface area contributed by atoms with Gasteiger partial charge in [-0.05, 0) is 45.0 Å². The zero-order valence-electron chi connectivity index (χ0n) is 17.9. The number of hydrogen-bond acceptors (Lipinski definition) is 5. The van der Waals surface area contributed by atoms with Crippen LogP contribution in [0.25, 0.3) is 0 Å². The number of fused-ring (bicyclic) bond motifs is 1. The molecule has 0 saturated heterocycles. The number of rotatable bonds is 5. The number of hydrogen-bond donors (Lipinski definition) is 0.